The average molecular weight is 405 g/mol. The number of thioether (sulfide) groups is 1. The molecule has 2 atom stereocenters. The van der Waals surface area contributed by atoms with Gasteiger partial charge in [0.2, 0.25) is 5.91 Å². The highest BCUT2D eigenvalue weighted by Gasteiger charge is 2.66. The maximum Gasteiger partial charge on any atom is 0.352 e. The molecule has 0 aromatic carbocycles. The van der Waals surface area contributed by atoms with E-state index in [1.54, 1.807) is 6.07 Å². The fraction of sp³-hybridized carbons (Fsp3) is 0.294. The fourth-order valence-corrected chi connectivity index (χ4v) is 5.11. The number of allylic oxidation sites excluding steroid dienone is 2. The Morgan fingerprint density at radius 2 is 2.37 bits per heavy atom. The van der Waals surface area contributed by atoms with Crippen LogP contribution in [0.3, 0.4) is 0 Å². The Kier molecular flexibility index (Phi) is 5.36. The molecule has 1 fully saturated rings. The van der Waals surface area contributed by atoms with Crippen LogP contribution in [0.15, 0.2) is 40.9 Å². The number of amides is 2. The largest absolute Gasteiger partial charge is 0.477 e. The third kappa shape index (κ3) is 3.25. The van der Waals surface area contributed by atoms with Crippen molar-refractivity contribution >= 4 is 40.9 Å². The van der Waals surface area contributed by atoms with Crippen molar-refractivity contribution in [1.82, 2.24) is 10.2 Å². The van der Waals surface area contributed by atoms with E-state index in [1.165, 1.54) is 36.3 Å². The SMILES string of the molecule is CO[C@@]1(NC(=O)Cc2cccs2)C(=O)N2C(C(=O)O)=C(/C=C/C#N)CS[C@@H]21. The van der Waals surface area contributed by atoms with E-state index in [0.717, 1.165) is 15.9 Å². The number of nitrogens with one attached hydrogen (secondary N) is 1. The van der Waals surface area contributed by atoms with Crippen LogP contribution in [-0.2, 0) is 25.5 Å². The van der Waals surface area contributed by atoms with E-state index in [-0.39, 0.29) is 23.8 Å². The van der Waals surface area contributed by atoms with Gasteiger partial charge in [0.15, 0.2) is 0 Å². The summed E-state index contributed by atoms with van der Waals surface area (Å²) in [4.78, 5) is 38.8. The monoisotopic (exact) mass is 405 g/mol. The lowest BCUT2D eigenvalue weighted by molar-refractivity contribution is -0.192. The van der Waals surface area contributed by atoms with E-state index in [4.69, 9.17) is 10.00 Å². The van der Waals surface area contributed by atoms with Crippen LogP contribution in [0, 0.1) is 11.3 Å². The minimum atomic E-state index is -1.61. The molecule has 0 bridgehead atoms. The van der Waals surface area contributed by atoms with Gasteiger partial charge in [-0.3, -0.25) is 14.5 Å². The van der Waals surface area contributed by atoms with Gasteiger partial charge in [0.25, 0.3) is 11.6 Å². The number of fused-ring (bicyclic) bond motifs is 1. The van der Waals surface area contributed by atoms with Crippen molar-refractivity contribution in [2.45, 2.75) is 17.5 Å². The predicted octanol–water partition coefficient (Wildman–Crippen LogP) is 1.08. The first-order chi connectivity index (χ1) is 12.9. The Bertz CT molecular complexity index is 887. The van der Waals surface area contributed by atoms with Gasteiger partial charge in [-0.25, -0.2) is 4.79 Å². The summed E-state index contributed by atoms with van der Waals surface area (Å²) in [5, 5.41) is 22.0. The van der Waals surface area contributed by atoms with Crippen molar-refractivity contribution in [2.75, 3.05) is 12.9 Å². The number of rotatable bonds is 6. The fourth-order valence-electron chi connectivity index (χ4n) is 2.99. The molecule has 0 spiro atoms. The van der Waals surface area contributed by atoms with E-state index in [0.29, 0.717) is 5.57 Å². The second-order valence-electron chi connectivity index (χ2n) is 5.72. The topological polar surface area (TPSA) is 120 Å². The second-order valence-corrected chi connectivity index (χ2v) is 7.82. The van der Waals surface area contributed by atoms with Crippen LogP contribution in [0.4, 0.5) is 0 Å². The van der Waals surface area contributed by atoms with Gasteiger partial charge in [0, 0.05) is 23.8 Å². The van der Waals surface area contributed by atoms with Crippen LogP contribution >= 0.6 is 23.1 Å². The number of carboxylic acids is 1. The van der Waals surface area contributed by atoms with Gasteiger partial charge in [-0.15, -0.1) is 23.1 Å². The Balaban J connectivity index is 1.85. The molecule has 140 valence electrons. The lowest BCUT2D eigenvalue weighted by Crippen LogP contribution is -2.80. The Morgan fingerprint density at radius 1 is 1.59 bits per heavy atom. The summed E-state index contributed by atoms with van der Waals surface area (Å²) in [7, 11) is 1.30. The molecule has 2 aliphatic rings. The molecule has 10 heteroatoms. The molecular weight excluding hydrogens is 390 g/mol. The summed E-state index contributed by atoms with van der Waals surface area (Å²) < 4.78 is 5.36. The summed E-state index contributed by atoms with van der Waals surface area (Å²) in [5.41, 5.74) is -1.45. The van der Waals surface area contributed by atoms with Gasteiger partial charge in [-0.2, -0.15) is 5.26 Å². The van der Waals surface area contributed by atoms with Crippen LogP contribution in [-0.4, -0.2) is 51.8 Å². The standard InChI is InChI=1S/C17H15N3O5S2/c1-25-17(19-12(21)8-11-5-3-7-26-11)15(24)20-13(14(22)23)10(4-2-6-18)9-27-16(17)20/h2-5,7,16H,8-9H2,1H3,(H,19,21)(H,22,23)/b4-2+/t16-,17+/m1/s1. The first-order valence-electron chi connectivity index (χ1n) is 7.81. The summed E-state index contributed by atoms with van der Waals surface area (Å²) in [6.07, 6.45) is 2.64. The van der Waals surface area contributed by atoms with E-state index in [9.17, 15) is 19.5 Å². The number of hydrogen-bond acceptors (Lipinski definition) is 7. The number of aliphatic carboxylic acids is 1. The van der Waals surface area contributed by atoms with Gasteiger partial charge in [0.05, 0.1) is 12.5 Å². The molecule has 0 aliphatic carbocycles. The maximum absolute atomic E-state index is 12.8. The van der Waals surface area contributed by atoms with Crippen molar-refractivity contribution in [3.05, 3.63) is 45.8 Å². The van der Waals surface area contributed by atoms with Crippen molar-refractivity contribution < 1.29 is 24.2 Å². The van der Waals surface area contributed by atoms with Crippen LogP contribution in [0.25, 0.3) is 0 Å². The average Bonchev–Trinajstić information content (AvgIpc) is 3.15. The first kappa shape index (κ1) is 19.2. The van der Waals surface area contributed by atoms with Crippen LogP contribution in [0.5, 0.6) is 0 Å². The van der Waals surface area contributed by atoms with Crippen LogP contribution < -0.4 is 5.32 Å². The normalized spacial score (nSPS) is 24.4. The highest BCUT2D eigenvalue weighted by Crippen LogP contribution is 2.46. The highest BCUT2D eigenvalue weighted by molar-refractivity contribution is 8.00. The lowest BCUT2D eigenvalue weighted by Gasteiger charge is -2.55. The summed E-state index contributed by atoms with van der Waals surface area (Å²) >= 11 is 2.69. The number of β-lactam (4-membered cyclic amide) rings is 1. The molecule has 1 aromatic heterocycles. The van der Waals surface area contributed by atoms with Gasteiger partial charge < -0.3 is 15.2 Å². The number of nitrogens with zero attached hydrogens (tertiary/aromatic N) is 2. The zero-order valence-electron chi connectivity index (χ0n) is 14.2. The molecule has 0 unspecified atom stereocenters. The molecule has 0 saturated carbocycles. The highest BCUT2D eigenvalue weighted by atomic mass is 32.2. The number of carboxylic acid groups (broad SMARTS) is 1. The molecule has 2 aliphatic heterocycles. The molecule has 3 heterocycles. The smallest absolute Gasteiger partial charge is 0.352 e. The van der Waals surface area contributed by atoms with Crippen molar-refractivity contribution in [2.24, 2.45) is 0 Å². The van der Waals surface area contributed by atoms with E-state index in [1.807, 2.05) is 17.5 Å². The number of carbonyl (C=O) groups excluding carboxylic acids is 2. The van der Waals surface area contributed by atoms with Gasteiger partial charge in [-0.1, -0.05) is 6.07 Å². The third-order valence-corrected chi connectivity index (χ3v) is 6.40. The third-order valence-electron chi connectivity index (χ3n) is 4.18. The number of carbonyl (C=O) groups is 3. The van der Waals surface area contributed by atoms with E-state index in [2.05, 4.69) is 5.32 Å². The van der Waals surface area contributed by atoms with Crippen molar-refractivity contribution in [3.63, 3.8) is 0 Å². The van der Waals surface area contributed by atoms with E-state index >= 15 is 0 Å². The van der Waals surface area contributed by atoms with Gasteiger partial charge >= 0.3 is 5.97 Å². The minimum absolute atomic E-state index is 0.102. The van der Waals surface area contributed by atoms with E-state index < -0.39 is 23.0 Å². The molecule has 3 rings (SSSR count). The number of ether oxygens (including phenoxy) is 1. The molecular formula is C17H15N3O5S2. The zero-order chi connectivity index (χ0) is 19.6. The summed E-state index contributed by atoms with van der Waals surface area (Å²) in [6, 6.07) is 5.44. The van der Waals surface area contributed by atoms with Gasteiger partial charge in [-0.05, 0) is 23.1 Å². The molecule has 27 heavy (non-hydrogen) atoms. The number of thiophene rings is 1. The summed E-state index contributed by atoms with van der Waals surface area (Å²) in [5.74, 6) is -2.05. The Labute approximate surface area is 163 Å². The number of hydrogen-bond donors (Lipinski definition) is 2. The molecule has 8 nitrogen and oxygen atoms in total. The Hall–Kier alpha value is -2.61. The quantitative estimate of drug-likeness (QED) is 0.413. The minimum Gasteiger partial charge on any atom is -0.477 e. The maximum atomic E-state index is 12.8. The number of methoxy groups -OCH3 is 1. The molecule has 2 N–H and O–H groups in total. The zero-order valence-corrected chi connectivity index (χ0v) is 15.8. The van der Waals surface area contributed by atoms with Crippen LogP contribution in [0.1, 0.15) is 4.88 Å². The molecule has 1 aromatic rings. The first-order valence-corrected chi connectivity index (χ1v) is 9.74. The second kappa shape index (κ2) is 7.56. The molecule has 0 radical (unpaired) electrons. The molecule has 1 saturated heterocycles. The van der Waals surface area contributed by atoms with Gasteiger partial charge in [0.1, 0.15) is 11.1 Å². The van der Waals surface area contributed by atoms with Crippen LogP contribution in [0.2, 0.25) is 0 Å². The van der Waals surface area contributed by atoms with Crippen molar-refractivity contribution in [1.29, 1.82) is 5.26 Å². The number of nitriles is 1. The van der Waals surface area contributed by atoms with Crippen molar-refractivity contribution in [3.8, 4) is 6.07 Å². The summed E-state index contributed by atoms with van der Waals surface area (Å²) in [6.45, 7) is 0. The Morgan fingerprint density at radius 3 is 2.96 bits per heavy atom. The lowest BCUT2D eigenvalue weighted by atomic mass is 9.97. The predicted molar refractivity (Wildman–Crippen MR) is 98.4 cm³/mol. The molecule has 2 amide bonds.